The summed E-state index contributed by atoms with van der Waals surface area (Å²) in [6.07, 6.45) is 0.648. The molecule has 0 radical (unpaired) electrons. The largest absolute Gasteiger partial charge is 0.396 e. The van der Waals surface area contributed by atoms with Crippen LogP contribution < -0.4 is 10.6 Å². The summed E-state index contributed by atoms with van der Waals surface area (Å²) in [5.41, 5.74) is 5.20. The third kappa shape index (κ3) is 3.43. The average molecular weight is 359 g/mol. The van der Waals surface area contributed by atoms with E-state index < -0.39 is 0 Å². The molecule has 0 aromatic heterocycles. The van der Waals surface area contributed by atoms with Crippen LogP contribution in [0.5, 0.6) is 0 Å². The first-order valence-electron chi connectivity index (χ1n) is 8.59. The van der Waals surface area contributed by atoms with Gasteiger partial charge in [-0.05, 0) is 40.7 Å². The maximum absolute atomic E-state index is 12.5. The maximum atomic E-state index is 12.5. The van der Waals surface area contributed by atoms with Crippen LogP contribution in [0.4, 0.5) is 0 Å². The molecule has 2 aliphatic rings. The second-order valence-corrected chi connectivity index (χ2v) is 6.71. The molecule has 1 amide bonds. The lowest BCUT2D eigenvalue weighted by atomic mass is 9.86. The van der Waals surface area contributed by atoms with E-state index in [1.807, 2.05) is 18.2 Å². The standard InChI is InChI=1S/C20H22N2O2.ClH/c23-7-6-13-2-1-3-14(8-13)15-4-5-17-18(9-15)20(24)22-11-16-10-21-12-19(16)17;/h1-5,8-9,16,19,21,23H,6-7,10-12H2,(H,22,24);1H/t16-,19+;/m1./s1. The second-order valence-electron chi connectivity index (χ2n) is 6.71. The van der Waals surface area contributed by atoms with Gasteiger partial charge < -0.3 is 15.7 Å². The Hall–Kier alpha value is -1.88. The summed E-state index contributed by atoms with van der Waals surface area (Å²) in [6, 6.07) is 14.4. The Morgan fingerprint density at radius 1 is 1.04 bits per heavy atom. The molecule has 2 heterocycles. The molecule has 1 saturated heterocycles. The van der Waals surface area contributed by atoms with Gasteiger partial charge in [0.15, 0.2) is 0 Å². The highest BCUT2D eigenvalue weighted by Gasteiger charge is 2.34. The van der Waals surface area contributed by atoms with Crippen molar-refractivity contribution in [3.05, 3.63) is 59.2 Å². The first-order chi connectivity index (χ1) is 11.8. The smallest absolute Gasteiger partial charge is 0.251 e. The Balaban J connectivity index is 0.00000182. The fourth-order valence-electron chi connectivity index (χ4n) is 3.92. The van der Waals surface area contributed by atoms with Crippen molar-refractivity contribution in [3.63, 3.8) is 0 Å². The van der Waals surface area contributed by atoms with Crippen molar-refractivity contribution in [1.82, 2.24) is 10.6 Å². The molecule has 1 fully saturated rings. The Morgan fingerprint density at radius 3 is 2.72 bits per heavy atom. The number of aliphatic hydroxyl groups is 1. The molecule has 3 N–H and O–H groups in total. The number of fused-ring (bicyclic) bond motifs is 3. The minimum atomic E-state index is 0. The average Bonchev–Trinajstić information content (AvgIpc) is 3.03. The molecule has 2 aromatic carbocycles. The topological polar surface area (TPSA) is 61.4 Å². The number of carbonyl (C=O) groups is 1. The predicted molar refractivity (Wildman–Crippen MR) is 101 cm³/mol. The number of aliphatic hydroxyl groups excluding tert-OH is 1. The van der Waals surface area contributed by atoms with E-state index in [2.05, 4.69) is 34.9 Å². The highest BCUT2D eigenvalue weighted by atomic mass is 35.5. The number of nitrogens with one attached hydrogen (secondary N) is 2. The molecule has 0 unspecified atom stereocenters. The predicted octanol–water partition coefficient (Wildman–Crippen LogP) is 2.36. The van der Waals surface area contributed by atoms with Gasteiger partial charge in [-0.2, -0.15) is 0 Å². The Bertz CT molecular complexity index is 778. The number of hydrogen-bond acceptors (Lipinski definition) is 3. The monoisotopic (exact) mass is 358 g/mol. The molecule has 2 aromatic rings. The van der Waals surface area contributed by atoms with Crippen molar-refractivity contribution >= 4 is 18.3 Å². The van der Waals surface area contributed by atoms with Crippen molar-refractivity contribution in [3.8, 4) is 11.1 Å². The van der Waals surface area contributed by atoms with E-state index in [1.165, 1.54) is 0 Å². The molecule has 132 valence electrons. The van der Waals surface area contributed by atoms with Gasteiger partial charge in [0.25, 0.3) is 5.91 Å². The minimum Gasteiger partial charge on any atom is -0.396 e. The lowest BCUT2D eigenvalue weighted by Crippen LogP contribution is -2.28. The van der Waals surface area contributed by atoms with E-state index in [0.29, 0.717) is 18.3 Å². The Morgan fingerprint density at radius 2 is 1.88 bits per heavy atom. The Kier molecular flexibility index (Phi) is 5.42. The van der Waals surface area contributed by atoms with Gasteiger partial charge in [-0.25, -0.2) is 0 Å². The van der Waals surface area contributed by atoms with E-state index in [9.17, 15) is 4.79 Å². The summed E-state index contributed by atoms with van der Waals surface area (Å²) in [5, 5.41) is 15.6. The molecule has 5 heteroatoms. The van der Waals surface area contributed by atoms with Gasteiger partial charge in [0.1, 0.15) is 0 Å². The molecule has 4 nitrogen and oxygen atoms in total. The highest BCUT2D eigenvalue weighted by molar-refractivity contribution is 5.97. The summed E-state index contributed by atoms with van der Waals surface area (Å²) < 4.78 is 0. The number of benzene rings is 2. The highest BCUT2D eigenvalue weighted by Crippen LogP contribution is 2.34. The lowest BCUT2D eigenvalue weighted by molar-refractivity contribution is 0.0952. The normalized spacial score (nSPS) is 21.6. The van der Waals surface area contributed by atoms with Gasteiger partial charge in [-0.3, -0.25) is 4.79 Å². The van der Waals surface area contributed by atoms with Crippen LogP contribution >= 0.6 is 12.4 Å². The summed E-state index contributed by atoms with van der Waals surface area (Å²) >= 11 is 0. The first-order valence-corrected chi connectivity index (χ1v) is 8.59. The third-order valence-corrected chi connectivity index (χ3v) is 5.22. The number of carbonyl (C=O) groups excluding carboxylic acids is 1. The van der Waals surface area contributed by atoms with Crippen LogP contribution in [0, 0.1) is 5.92 Å². The lowest BCUT2D eigenvalue weighted by Gasteiger charge is -2.17. The van der Waals surface area contributed by atoms with Crippen molar-refractivity contribution in [2.24, 2.45) is 5.92 Å². The second kappa shape index (κ2) is 7.56. The number of amides is 1. The minimum absolute atomic E-state index is 0. The summed E-state index contributed by atoms with van der Waals surface area (Å²) in [7, 11) is 0. The zero-order valence-corrected chi connectivity index (χ0v) is 14.8. The summed E-state index contributed by atoms with van der Waals surface area (Å²) in [6.45, 7) is 2.80. The SMILES string of the molecule is Cl.O=C1NC[C@H]2CNC[C@@H]2c2ccc(-c3cccc(CCO)c3)cc21. The molecule has 0 aliphatic carbocycles. The third-order valence-electron chi connectivity index (χ3n) is 5.22. The number of hydrogen-bond donors (Lipinski definition) is 3. The number of rotatable bonds is 3. The van der Waals surface area contributed by atoms with E-state index >= 15 is 0 Å². The van der Waals surface area contributed by atoms with Crippen LogP contribution in [-0.2, 0) is 6.42 Å². The zero-order valence-electron chi connectivity index (χ0n) is 14.0. The fourth-order valence-corrected chi connectivity index (χ4v) is 3.92. The Labute approximate surface area is 154 Å². The first kappa shape index (κ1) is 17.9. The number of halogens is 1. The van der Waals surface area contributed by atoms with Gasteiger partial charge in [0.05, 0.1) is 0 Å². The summed E-state index contributed by atoms with van der Waals surface area (Å²) in [4.78, 5) is 12.5. The zero-order chi connectivity index (χ0) is 16.5. The molecular weight excluding hydrogens is 336 g/mol. The van der Waals surface area contributed by atoms with Crippen LogP contribution in [0.25, 0.3) is 11.1 Å². The van der Waals surface area contributed by atoms with E-state index in [4.69, 9.17) is 5.11 Å². The van der Waals surface area contributed by atoms with E-state index in [0.717, 1.165) is 47.5 Å². The van der Waals surface area contributed by atoms with E-state index in [1.54, 1.807) is 0 Å². The van der Waals surface area contributed by atoms with Crippen molar-refractivity contribution in [2.45, 2.75) is 12.3 Å². The molecular formula is C20H23ClN2O2. The molecule has 0 spiro atoms. The molecule has 2 atom stereocenters. The van der Waals surface area contributed by atoms with Crippen LogP contribution in [-0.4, -0.2) is 37.3 Å². The quantitative estimate of drug-likeness (QED) is 0.789. The van der Waals surface area contributed by atoms with Crippen molar-refractivity contribution in [1.29, 1.82) is 0 Å². The van der Waals surface area contributed by atoms with Gasteiger partial charge in [-0.1, -0.05) is 36.4 Å². The molecule has 4 rings (SSSR count). The van der Waals surface area contributed by atoms with Crippen LogP contribution in [0.3, 0.4) is 0 Å². The molecule has 0 saturated carbocycles. The van der Waals surface area contributed by atoms with Gasteiger partial charge in [0.2, 0.25) is 0 Å². The molecule has 2 aliphatic heterocycles. The van der Waals surface area contributed by atoms with Crippen LogP contribution in [0.2, 0.25) is 0 Å². The van der Waals surface area contributed by atoms with Gasteiger partial charge in [-0.15, -0.1) is 12.4 Å². The van der Waals surface area contributed by atoms with Gasteiger partial charge in [0, 0.05) is 37.7 Å². The van der Waals surface area contributed by atoms with E-state index in [-0.39, 0.29) is 24.9 Å². The van der Waals surface area contributed by atoms with Crippen molar-refractivity contribution in [2.75, 3.05) is 26.2 Å². The molecule has 25 heavy (non-hydrogen) atoms. The van der Waals surface area contributed by atoms with Crippen LogP contribution in [0.1, 0.15) is 27.4 Å². The molecule has 0 bridgehead atoms. The summed E-state index contributed by atoms with van der Waals surface area (Å²) in [5.74, 6) is 0.926. The fraction of sp³-hybridized carbons (Fsp3) is 0.350. The van der Waals surface area contributed by atoms with Gasteiger partial charge >= 0.3 is 0 Å². The van der Waals surface area contributed by atoms with Crippen molar-refractivity contribution < 1.29 is 9.90 Å². The maximum Gasteiger partial charge on any atom is 0.251 e. The van der Waals surface area contributed by atoms with Crippen LogP contribution in [0.15, 0.2) is 42.5 Å².